The quantitative estimate of drug-likeness (QED) is 0.303. The van der Waals surface area contributed by atoms with Crippen LogP contribution in [0.2, 0.25) is 0 Å². The van der Waals surface area contributed by atoms with Gasteiger partial charge in [-0.1, -0.05) is 26.7 Å². The fraction of sp³-hybridized carbons (Fsp3) is 0.250. The van der Waals surface area contributed by atoms with Gasteiger partial charge in [0.15, 0.2) is 0 Å². The largest absolute Gasteiger partial charge is 0.478 e. The zero-order valence-electron chi connectivity index (χ0n) is 11.5. The summed E-state index contributed by atoms with van der Waals surface area (Å²) in [7, 11) is 0. The monoisotopic (exact) mass is 308 g/mol. The Morgan fingerprint density at radius 3 is 0.905 bits per heavy atom. The first-order valence-electron chi connectivity index (χ1n) is 5.11. The van der Waals surface area contributed by atoms with E-state index in [-0.39, 0.29) is 6.42 Å². The lowest BCUT2D eigenvalue weighted by atomic mass is 10.4. The Labute approximate surface area is 121 Å². The van der Waals surface area contributed by atoms with Crippen LogP contribution in [0.5, 0.6) is 0 Å². The Morgan fingerprint density at radius 1 is 0.810 bits per heavy atom. The van der Waals surface area contributed by atoms with Gasteiger partial charge in [0.1, 0.15) is 0 Å². The van der Waals surface area contributed by atoms with Crippen molar-refractivity contribution in [3.63, 3.8) is 0 Å². The van der Waals surface area contributed by atoms with Crippen molar-refractivity contribution in [2.75, 3.05) is 0 Å². The smallest absolute Gasteiger partial charge is 0.327 e. The van der Waals surface area contributed by atoms with Crippen LogP contribution < -0.4 is 0 Å². The van der Waals surface area contributed by atoms with Gasteiger partial charge in [-0.3, -0.25) is 0 Å². The normalized spacial score (nSPS) is 8.00. The molecule has 0 aliphatic heterocycles. The van der Waals surface area contributed by atoms with Gasteiger partial charge in [-0.25, -0.2) is 14.4 Å². The van der Waals surface area contributed by atoms with Crippen molar-refractivity contribution in [3.05, 3.63) is 38.0 Å². The topological polar surface area (TPSA) is 173 Å². The molecule has 0 spiro atoms. The molecule has 6 N–H and O–H groups in total. The lowest BCUT2D eigenvalue weighted by Gasteiger charge is -2.08. The van der Waals surface area contributed by atoms with Crippen LogP contribution in [0.4, 0.5) is 0 Å². The summed E-state index contributed by atoms with van der Waals surface area (Å²) in [4.78, 5) is 27.8. The summed E-state index contributed by atoms with van der Waals surface area (Å²) in [6.07, 6.45) is 2.44. The van der Waals surface area contributed by atoms with Crippen molar-refractivity contribution >= 4 is 17.9 Å². The average molecular weight is 308 g/mol. The number of carboxylic acids is 3. The molecule has 0 radical (unpaired) electrons. The van der Waals surface area contributed by atoms with Gasteiger partial charge in [0.25, 0.3) is 5.97 Å². The lowest BCUT2D eigenvalue weighted by molar-refractivity contribution is -0.312. The van der Waals surface area contributed by atoms with Gasteiger partial charge in [-0.2, -0.15) is 0 Å². The van der Waals surface area contributed by atoms with Gasteiger partial charge in [0.2, 0.25) is 0 Å². The third-order valence-corrected chi connectivity index (χ3v) is 0.998. The van der Waals surface area contributed by atoms with E-state index in [1.807, 2.05) is 0 Å². The SMILES string of the molecule is C=CC(=O)O.C=CC(=O)O.C=CC(=O)O.CCC(O)(O)O. The van der Waals surface area contributed by atoms with Gasteiger partial charge in [-0.05, 0) is 0 Å². The molecule has 0 fully saturated rings. The molecule has 9 nitrogen and oxygen atoms in total. The second-order valence-corrected chi connectivity index (χ2v) is 2.75. The van der Waals surface area contributed by atoms with Gasteiger partial charge in [0.05, 0.1) is 0 Å². The summed E-state index contributed by atoms with van der Waals surface area (Å²) in [5, 5.41) is 46.6. The average Bonchev–Trinajstić information content (AvgIpc) is 2.39. The molecule has 0 saturated carbocycles. The Kier molecular flexibility index (Phi) is 22.5. The van der Waals surface area contributed by atoms with Gasteiger partial charge >= 0.3 is 17.9 Å². The van der Waals surface area contributed by atoms with Gasteiger partial charge in [0, 0.05) is 24.6 Å². The fourth-order valence-corrected chi connectivity index (χ4v) is 0. The molecule has 0 aromatic carbocycles. The number of carbonyl (C=O) groups is 3. The molecule has 21 heavy (non-hydrogen) atoms. The lowest BCUT2D eigenvalue weighted by Crippen LogP contribution is -2.24. The van der Waals surface area contributed by atoms with Crippen molar-refractivity contribution < 1.29 is 45.0 Å². The van der Waals surface area contributed by atoms with Crippen molar-refractivity contribution in [3.8, 4) is 0 Å². The molecule has 0 aromatic heterocycles. The predicted octanol–water partition coefficient (Wildman–Crippen LogP) is -0.202. The summed E-state index contributed by atoms with van der Waals surface area (Å²) in [5.74, 6) is -5.40. The van der Waals surface area contributed by atoms with E-state index in [1.165, 1.54) is 6.92 Å². The summed E-state index contributed by atoms with van der Waals surface area (Å²) < 4.78 is 0. The Balaban J connectivity index is -0.0000000921. The first-order chi connectivity index (χ1) is 9.37. The minimum atomic E-state index is -2.46. The molecule has 9 heteroatoms. The molecule has 0 saturated heterocycles. The number of rotatable bonds is 4. The predicted molar refractivity (Wildman–Crippen MR) is 73.2 cm³/mol. The van der Waals surface area contributed by atoms with Crippen molar-refractivity contribution in [1.82, 2.24) is 0 Å². The molecule has 0 atom stereocenters. The number of carboxylic acid groups (broad SMARTS) is 3. The number of aliphatic hydroxyl groups is 3. The Hall–Kier alpha value is -2.49. The van der Waals surface area contributed by atoms with E-state index in [1.54, 1.807) is 0 Å². The Bertz CT molecular complexity index is 296. The zero-order chi connectivity index (χ0) is 18.1. The molecule has 0 bridgehead atoms. The molecule has 0 rings (SSSR count). The minimum Gasteiger partial charge on any atom is -0.478 e. The highest BCUT2D eigenvalue weighted by atomic mass is 16.7. The van der Waals surface area contributed by atoms with Crippen LogP contribution in [0.25, 0.3) is 0 Å². The molecule has 0 aromatic rings. The summed E-state index contributed by atoms with van der Waals surface area (Å²) in [6, 6.07) is 0. The summed E-state index contributed by atoms with van der Waals surface area (Å²) in [5.41, 5.74) is 0. The maximum atomic E-state index is 9.25. The number of hydrogen-bond donors (Lipinski definition) is 6. The maximum Gasteiger partial charge on any atom is 0.327 e. The standard InChI is InChI=1S/C3H8O3.3C3H4O2/c1-2-3(4,5)6;3*1-2-3(4)5/h4-6H,2H2,1H3;3*2H,1H2,(H,4,5). The highest BCUT2D eigenvalue weighted by Crippen LogP contribution is 1.95. The first-order valence-corrected chi connectivity index (χ1v) is 5.11. The molecular weight excluding hydrogens is 288 g/mol. The molecule has 0 aliphatic carbocycles. The molecule has 0 heterocycles. The summed E-state index contributed by atoms with van der Waals surface area (Å²) >= 11 is 0. The maximum absolute atomic E-state index is 9.25. The van der Waals surface area contributed by atoms with Crippen molar-refractivity contribution in [2.24, 2.45) is 0 Å². The summed E-state index contributed by atoms with van der Waals surface area (Å²) in [6.45, 7) is 10.3. The Morgan fingerprint density at radius 2 is 0.905 bits per heavy atom. The molecule has 0 unspecified atom stereocenters. The third-order valence-electron chi connectivity index (χ3n) is 0.998. The van der Waals surface area contributed by atoms with E-state index in [9.17, 15) is 14.4 Å². The van der Waals surface area contributed by atoms with E-state index in [2.05, 4.69) is 19.7 Å². The highest BCUT2D eigenvalue weighted by Gasteiger charge is 2.11. The molecular formula is C12H20O9. The van der Waals surface area contributed by atoms with Crippen molar-refractivity contribution in [2.45, 2.75) is 19.3 Å². The van der Waals surface area contributed by atoms with Crippen LogP contribution >= 0.6 is 0 Å². The second kappa shape index (κ2) is 17.5. The minimum absolute atomic E-state index is 0.0625. The molecule has 0 aliphatic rings. The highest BCUT2D eigenvalue weighted by molar-refractivity contribution is 5.79. The van der Waals surface area contributed by atoms with Crippen LogP contribution in [-0.2, 0) is 14.4 Å². The van der Waals surface area contributed by atoms with E-state index in [0.717, 1.165) is 18.2 Å². The van der Waals surface area contributed by atoms with Gasteiger partial charge < -0.3 is 30.6 Å². The molecule has 122 valence electrons. The van der Waals surface area contributed by atoms with E-state index in [0.29, 0.717) is 0 Å². The van der Waals surface area contributed by atoms with Crippen LogP contribution in [0.1, 0.15) is 13.3 Å². The second-order valence-electron chi connectivity index (χ2n) is 2.75. The van der Waals surface area contributed by atoms with Crippen molar-refractivity contribution in [1.29, 1.82) is 0 Å². The van der Waals surface area contributed by atoms with E-state index in [4.69, 9.17) is 30.6 Å². The number of aliphatic carboxylic acids is 3. The fourth-order valence-electron chi connectivity index (χ4n) is 0. The van der Waals surface area contributed by atoms with Crippen LogP contribution in [-0.4, -0.2) is 54.5 Å². The van der Waals surface area contributed by atoms with E-state index >= 15 is 0 Å². The molecule has 0 amide bonds. The third kappa shape index (κ3) is 99.4. The zero-order valence-corrected chi connectivity index (χ0v) is 11.5. The van der Waals surface area contributed by atoms with Gasteiger partial charge in [-0.15, -0.1) is 0 Å². The number of hydrogen-bond acceptors (Lipinski definition) is 6. The van der Waals surface area contributed by atoms with Crippen LogP contribution in [0.3, 0.4) is 0 Å². The van der Waals surface area contributed by atoms with E-state index < -0.39 is 23.9 Å². The van der Waals surface area contributed by atoms with Crippen LogP contribution in [0, 0.1) is 0 Å². The first kappa shape index (κ1) is 27.0. The van der Waals surface area contributed by atoms with Crippen LogP contribution in [0.15, 0.2) is 38.0 Å².